The van der Waals surface area contributed by atoms with Crippen molar-refractivity contribution in [2.45, 2.75) is 0 Å². The molecule has 0 heterocycles. The SMILES string of the molecule is Nc1ccc(Oc2c(C#Cc3ccccc3)cc(C#Cc3ccccc3)c(C#Cc3ccccc3)c2Oc2ccc(N)c(O)c2)cc1O. The maximum atomic E-state index is 10.4. The van der Waals surface area contributed by atoms with E-state index in [-0.39, 0.29) is 45.9 Å². The minimum absolute atomic E-state index is 0.148. The van der Waals surface area contributed by atoms with Gasteiger partial charge < -0.3 is 31.2 Å². The van der Waals surface area contributed by atoms with E-state index in [9.17, 15) is 10.2 Å². The first kappa shape index (κ1) is 30.8. The predicted octanol–water partition coefficient (Wildman–Crippen LogP) is 8.05. The summed E-state index contributed by atoms with van der Waals surface area (Å²) in [5.41, 5.74) is 15.9. The Bertz CT molecular complexity index is 2290. The number of phenolic OH excluding ortho intramolecular Hbond substituents is 2. The molecule has 0 aliphatic heterocycles. The molecular formula is C42H28N2O4. The molecule has 0 aromatic heterocycles. The molecule has 6 nitrogen and oxygen atoms in total. The van der Waals surface area contributed by atoms with Gasteiger partial charge in [-0.2, -0.15) is 0 Å². The number of aromatic hydroxyl groups is 2. The van der Waals surface area contributed by atoms with Crippen LogP contribution >= 0.6 is 0 Å². The molecule has 0 aliphatic rings. The fourth-order valence-corrected chi connectivity index (χ4v) is 4.54. The molecule has 0 amide bonds. The lowest BCUT2D eigenvalue weighted by Gasteiger charge is -2.18. The molecule has 0 fully saturated rings. The lowest BCUT2D eigenvalue weighted by atomic mass is 10.00. The van der Waals surface area contributed by atoms with E-state index in [1.54, 1.807) is 18.2 Å². The number of nitrogen functional groups attached to an aromatic ring is 2. The topological polar surface area (TPSA) is 111 Å². The lowest BCUT2D eigenvalue weighted by molar-refractivity contribution is 0.410. The molecule has 0 saturated carbocycles. The average molecular weight is 625 g/mol. The fraction of sp³-hybridized carbons (Fsp3) is 0. The van der Waals surface area contributed by atoms with Gasteiger partial charge in [0, 0.05) is 34.4 Å². The van der Waals surface area contributed by atoms with E-state index in [4.69, 9.17) is 20.9 Å². The lowest BCUT2D eigenvalue weighted by Crippen LogP contribution is -2.00. The van der Waals surface area contributed by atoms with Crippen LogP contribution in [0.4, 0.5) is 11.4 Å². The second-order valence-electron chi connectivity index (χ2n) is 10.5. The Morgan fingerprint density at radius 1 is 0.417 bits per heavy atom. The quantitative estimate of drug-likeness (QED) is 0.0898. The third-order valence-electron chi connectivity index (χ3n) is 7.02. The second-order valence-corrected chi connectivity index (χ2v) is 10.5. The first-order chi connectivity index (χ1) is 23.4. The average Bonchev–Trinajstić information content (AvgIpc) is 3.11. The highest BCUT2D eigenvalue weighted by Crippen LogP contribution is 2.44. The number of rotatable bonds is 4. The summed E-state index contributed by atoms with van der Waals surface area (Å²) in [7, 11) is 0. The Morgan fingerprint density at radius 3 is 1.29 bits per heavy atom. The highest BCUT2D eigenvalue weighted by molar-refractivity contribution is 5.72. The number of anilines is 2. The number of nitrogens with two attached hydrogens (primary N) is 2. The summed E-state index contributed by atoms with van der Waals surface area (Å²) < 4.78 is 13.0. The van der Waals surface area contributed by atoms with Gasteiger partial charge >= 0.3 is 0 Å². The summed E-state index contributed by atoms with van der Waals surface area (Å²) in [5, 5.41) is 20.8. The molecule has 0 atom stereocenters. The minimum atomic E-state index is -0.153. The third-order valence-corrected chi connectivity index (χ3v) is 7.02. The largest absolute Gasteiger partial charge is 0.506 e. The number of ether oxygens (including phenoxy) is 2. The first-order valence-corrected chi connectivity index (χ1v) is 14.9. The summed E-state index contributed by atoms with van der Waals surface area (Å²) in [4.78, 5) is 0. The molecule has 0 unspecified atom stereocenters. The third kappa shape index (κ3) is 7.53. The van der Waals surface area contributed by atoms with Gasteiger partial charge in [-0.25, -0.2) is 0 Å². The van der Waals surface area contributed by atoms with Gasteiger partial charge in [0.2, 0.25) is 0 Å². The van der Waals surface area contributed by atoms with Crippen molar-refractivity contribution in [2.75, 3.05) is 11.5 Å². The standard InChI is InChI=1S/C42H28N2O4/c43-37-24-21-34(27-39(37)45)47-41-33(20-17-30-12-6-2-7-13-30)26-32(19-16-29-10-4-1-5-11-29)36(23-18-31-14-8-3-9-15-31)42(41)48-35-22-25-38(44)40(46)28-35/h1-15,21-22,24-28,45-46H,43-44H2. The van der Waals surface area contributed by atoms with Crippen LogP contribution in [-0.4, -0.2) is 10.2 Å². The Kier molecular flexibility index (Phi) is 9.16. The van der Waals surface area contributed by atoms with Crippen LogP contribution in [0.2, 0.25) is 0 Å². The van der Waals surface area contributed by atoms with Gasteiger partial charge in [-0.1, -0.05) is 90.1 Å². The van der Waals surface area contributed by atoms with Crippen molar-refractivity contribution in [1.29, 1.82) is 0 Å². The number of phenols is 2. The molecule has 0 aliphatic carbocycles. The molecular weight excluding hydrogens is 596 g/mol. The van der Waals surface area contributed by atoms with Crippen LogP contribution in [-0.2, 0) is 0 Å². The Morgan fingerprint density at radius 2 is 0.833 bits per heavy atom. The number of benzene rings is 6. The highest BCUT2D eigenvalue weighted by atomic mass is 16.5. The van der Waals surface area contributed by atoms with Crippen molar-refractivity contribution in [1.82, 2.24) is 0 Å². The number of hydrogen-bond donors (Lipinski definition) is 4. The van der Waals surface area contributed by atoms with Gasteiger partial charge in [0.25, 0.3) is 0 Å². The molecule has 6 N–H and O–H groups in total. The van der Waals surface area contributed by atoms with E-state index in [0.717, 1.165) is 16.7 Å². The Labute approximate surface area is 278 Å². The number of hydrogen-bond acceptors (Lipinski definition) is 6. The molecule has 48 heavy (non-hydrogen) atoms. The first-order valence-electron chi connectivity index (χ1n) is 14.9. The molecule has 6 aromatic carbocycles. The van der Waals surface area contributed by atoms with Gasteiger partial charge in [0.05, 0.1) is 22.5 Å². The van der Waals surface area contributed by atoms with Crippen molar-refractivity contribution in [3.05, 3.63) is 167 Å². The van der Waals surface area contributed by atoms with Crippen molar-refractivity contribution in [3.63, 3.8) is 0 Å². The summed E-state index contributed by atoms with van der Waals surface area (Å²) in [6.07, 6.45) is 0. The van der Waals surface area contributed by atoms with Crippen LogP contribution in [0.3, 0.4) is 0 Å². The summed E-state index contributed by atoms with van der Waals surface area (Å²) in [6, 6.07) is 39.6. The minimum Gasteiger partial charge on any atom is -0.506 e. The molecule has 0 saturated heterocycles. The molecule has 0 bridgehead atoms. The maximum absolute atomic E-state index is 10.4. The maximum Gasteiger partial charge on any atom is 0.188 e. The zero-order chi connectivity index (χ0) is 33.3. The molecule has 0 spiro atoms. The Balaban J connectivity index is 1.66. The van der Waals surface area contributed by atoms with E-state index in [0.29, 0.717) is 16.7 Å². The highest BCUT2D eigenvalue weighted by Gasteiger charge is 2.22. The van der Waals surface area contributed by atoms with E-state index < -0.39 is 0 Å². The molecule has 6 heteroatoms. The van der Waals surface area contributed by atoms with Gasteiger partial charge in [0.15, 0.2) is 11.5 Å². The zero-order valence-corrected chi connectivity index (χ0v) is 25.6. The fourth-order valence-electron chi connectivity index (χ4n) is 4.54. The van der Waals surface area contributed by atoms with Crippen LogP contribution in [0, 0.1) is 35.5 Å². The van der Waals surface area contributed by atoms with Crippen LogP contribution < -0.4 is 20.9 Å². The summed E-state index contributed by atoms with van der Waals surface area (Å²) in [5.74, 6) is 20.1. The smallest absolute Gasteiger partial charge is 0.188 e. The van der Waals surface area contributed by atoms with Crippen LogP contribution in [0.25, 0.3) is 0 Å². The molecule has 6 aromatic rings. The zero-order valence-electron chi connectivity index (χ0n) is 25.6. The predicted molar refractivity (Wildman–Crippen MR) is 189 cm³/mol. The normalized spacial score (nSPS) is 9.92. The van der Waals surface area contributed by atoms with Crippen LogP contribution in [0.1, 0.15) is 33.4 Å². The van der Waals surface area contributed by atoms with Crippen molar-refractivity contribution in [3.8, 4) is 70.0 Å². The van der Waals surface area contributed by atoms with E-state index in [2.05, 4.69) is 35.5 Å². The van der Waals surface area contributed by atoms with Gasteiger partial charge in [-0.05, 0) is 66.7 Å². The van der Waals surface area contributed by atoms with E-state index in [1.165, 1.54) is 24.3 Å². The van der Waals surface area contributed by atoms with Crippen molar-refractivity contribution in [2.24, 2.45) is 0 Å². The van der Waals surface area contributed by atoms with E-state index in [1.807, 2.05) is 91.0 Å². The van der Waals surface area contributed by atoms with Gasteiger partial charge in [0.1, 0.15) is 23.0 Å². The summed E-state index contributed by atoms with van der Waals surface area (Å²) in [6.45, 7) is 0. The van der Waals surface area contributed by atoms with Crippen LogP contribution in [0.15, 0.2) is 133 Å². The van der Waals surface area contributed by atoms with Crippen molar-refractivity contribution < 1.29 is 19.7 Å². The molecule has 0 radical (unpaired) electrons. The van der Waals surface area contributed by atoms with Crippen LogP contribution in [0.5, 0.6) is 34.5 Å². The second kappa shape index (κ2) is 14.3. The van der Waals surface area contributed by atoms with Crippen molar-refractivity contribution >= 4 is 11.4 Å². The van der Waals surface area contributed by atoms with E-state index >= 15 is 0 Å². The molecule has 230 valence electrons. The Hall–Kier alpha value is -7.20. The van der Waals surface area contributed by atoms with Gasteiger partial charge in [-0.3, -0.25) is 0 Å². The monoisotopic (exact) mass is 624 g/mol. The van der Waals surface area contributed by atoms with Gasteiger partial charge in [-0.15, -0.1) is 0 Å². The molecule has 6 rings (SSSR count). The summed E-state index contributed by atoms with van der Waals surface area (Å²) >= 11 is 0.